The first-order valence-electron chi connectivity index (χ1n) is 8.92. The number of nitrogens with zero attached hydrogens (tertiary/aromatic N) is 3. The number of aryl methyl sites for hydroxylation is 1. The molecule has 2 atom stereocenters. The third-order valence-electron chi connectivity index (χ3n) is 4.11. The summed E-state index contributed by atoms with van der Waals surface area (Å²) in [5.74, 6) is 0.709. The minimum atomic E-state index is -0.547. The number of halogens is 1. The summed E-state index contributed by atoms with van der Waals surface area (Å²) in [5.41, 5.74) is 1.54. The third kappa shape index (κ3) is 6.05. The van der Waals surface area contributed by atoms with Gasteiger partial charge in [0.2, 0.25) is 11.9 Å². The van der Waals surface area contributed by atoms with Crippen LogP contribution < -0.4 is 15.5 Å². The average Bonchev–Trinajstić information content (AvgIpc) is 2.67. The number of amides is 1. The summed E-state index contributed by atoms with van der Waals surface area (Å²) in [4.78, 5) is 22.8. The van der Waals surface area contributed by atoms with E-state index in [0.717, 1.165) is 11.1 Å². The molecule has 0 fully saturated rings. The Bertz CT molecular complexity index is 805. The van der Waals surface area contributed by atoms with Crippen LogP contribution in [0.15, 0.2) is 30.5 Å². The highest BCUT2D eigenvalue weighted by Gasteiger charge is 2.17. The zero-order valence-electron chi connectivity index (χ0n) is 16.2. The standard InChI is InChI=1S/C19H26ClN5O3/c1-12-8-21-19(22-13(2)10-26)24-18(12)25(3)9-17(28)23-16(11-27)14-5-4-6-15(20)7-14/h4-8,13,16,26-27H,9-11H2,1-3H3,(H,23,28)(H,21,22,24). The second kappa shape index (κ2) is 10.2. The fourth-order valence-electron chi connectivity index (χ4n) is 2.64. The first-order chi connectivity index (χ1) is 13.3. The molecule has 0 spiro atoms. The van der Waals surface area contributed by atoms with E-state index in [1.807, 2.05) is 13.8 Å². The summed E-state index contributed by atoms with van der Waals surface area (Å²) in [6.45, 7) is 3.42. The third-order valence-corrected chi connectivity index (χ3v) is 4.34. The van der Waals surface area contributed by atoms with Gasteiger partial charge in [-0.3, -0.25) is 4.79 Å². The molecular formula is C19H26ClN5O3. The first-order valence-corrected chi connectivity index (χ1v) is 9.29. The Morgan fingerprint density at radius 3 is 2.71 bits per heavy atom. The predicted molar refractivity (Wildman–Crippen MR) is 110 cm³/mol. The van der Waals surface area contributed by atoms with E-state index < -0.39 is 6.04 Å². The SMILES string of the molecule is Cc1cnc(NC(C)CO)nc1N(C)CC(=O)NC(CO)c1cccc(Cl)c1. The molecule has 0 aliphatic rings. The number of anilines is 2. The topological polar surface area (TPSA) is 111 Å². The van der Waals surface area contributed by atoms with Gasteiger partial charge in [0.05, 0.1) is 25.8 Å². The predicted octanol–water partition coefficient (Wildman–Crippen LogP) is 1.52. The summed E-state index contributed by atoms with van der Waals surface area (Å²) >= 11 is 5.99. The van der Waals surface area contributed by atoms with Crippen molar-refractivity contribution in [1.82, 2.24) is 15.3 Å². The molecular weight excluding hydrogens is 382 g/mol. The van der Waals surface area contributed by atoms with Crippen molar-refractivity contribution in [2.45, 2.75) is 25.9 Å². The fourth-order valence-corrected chi connectivity index (χ4v) is 2.84. The molecule has 0 saturated heterocycles. The number of likely N-dealkylation sites (N-methyl/N-ethyl adjacent to an activating group) is 1. The monoisotopic (exact) mass is 407 g/mol. The van der Waals surface area contributed by atoms with Crippen LogP contribution in [0.25, 0.3) is 0 Å². The van der Waals surface area contributed by atoms with Gasteiger partial charge in [0.1, 0.15) is 5.82 Å². The van der Waals surface area contributed by atoms with E-state index in [2.05, 4.69) is 20.6 Å². The number of benzene rings is 1. The summed E-state index contributed by atoms with van der Waals surface area (Å²) in [6, 6.07) is 6.27. The maximum atomic E-state index is 12.5. The average molecular weight is 408 g/mol. The van der Waals surface area contributed by atoms with E-state index in [1.165, 1.54) is 0 Å². The number of aliphatic hydroxyl groups excluding tert-OH is 2. The van der Waals surface area contributed by atoms with Gasteiger partial charge in [-0.2, -0.15) is 4.98 Å². The molecule has 0 saturated carbocycles. The Kier molecular flexibility index (Phi) is 7.98. The molecule has 8 nitrogen and oxygen atoms in total. The van der Waals surface area contributed by atoms with Crippen LogP contribution >= 0.6 is 11.6 Å². The van der Waals surface area contributed by atoms with Gasteiger partial charge in [0.15, 0.2) is 0 Å². The summed E-state index contributed by atoms with van der Waals surface area (Å²) in [6.07, 6.45) is 1.66. The molecule has 1 aromatic carbocycles. The summed E-state index contributed by atoms with van der Waals surface area (Å²) in [7, 11) is 1.75. The van der Waals surface area contributed by atoms with Crippen molar-refractivity contribution in [3.8, 4) is 0 Å². The molecule has 2 unspecified atom stereocenters. The van der Waals surface area contributed by atoms with Crippen molar-refractivity contribution in [1.29, 1.82) is 0 Å². The van der Waals surface area contributed by atoms with Crippen LogP contribution in [0.5, 0.6) is 0 Å². The van der Waals surface area contributed by atoms with Crippen LogP contribution in [0.1, 0.15) is 24.1 Å². The van der Waals surface area contributed by atoms with Crippen molar-refractivity contribution in [2.75, 3.05) is 37.0 Å². The number of hydrogen-bond donors (Lipinski definition) is 4. The van der Waals surface area contributed by atoms with Crippen LogP contribution in [-0.2, 0) is 4.79 Å². The van der Waals surface area contributed by atoms with Crippen LogP contribution in [0.4, 0.5) is 11.8 Å². The maximum Gasteiger partial charge on any atom is 0.240 e. The number of nitrogens with one attached hydrogen (secondary N) is 2. The Balaban J connectivity index is 2.06. The number of carbonyl (C=O) groups is 1. The molecule has 2 aromatic rings. The highest BCUT2D eigenvalue weighted by atomic mass is 35.5. The van der Waals surface area contributed by atoms with Crippen LogP contribution in [0.3, 0.4) is 0 Å². The zero-order chi connectivity index (χ0) is 20.7. The van der Waals surface area contributed by atoms with Gasteiger partial charge >= 0.3 is 0 Å². The molecule has 0 aliphatic carbocycles. The Hall–Kier alpha value is -2.42. The van der Waals surface area contributed by atoms with Crippen LogP contribution in [0, 0.1) is 6.92 Å². The molecule has 0 radical (unpaired) electrons. The van der Waals surface area contributed by atoms with Gasteiger partial charge < -0.3 is 25.7 Å². The minimum Gasteiger partial charge on any atom is -0.394 e. The van der Waals surface area contributed by atoms with E-state index >= 15 is 0 Å². The molecule has 1 heterocycles. The highest BCUT2D eigenvalue weighted by Crippen LogP contribution is 2.19. The van der Waals surface area contributed by atoms with Crippen molar-refractivity contribution in [2.24, 2.45) is 0 Å². The van der Waals surface area contributed by atoms with Crippen molar-refractivity contribution in [3.05, 3.63) is 46.6 Å². The minimum absolute atomic E-state index is 0.0448. The van der Waals surface area contributed by atoms with Gasteiger partial charge in [0, 0.05) is 29.9 Å². The lowest BCUT2D eigenvalue weighted by Gasteiger charge is -2.23. The molecule has 1 amide bonds. The normalized spacial score (nSPS) is 12.9. The number of aromatic nitrogens is 2. The lowest BCUT2D eigenvalue weighted by atomic mass is 10.1. The van der Waals surface area contributed by atoms with Crippen molar-refractivity contribution >= 4 is 29.3 Å². The fraction of sp³-hybridized carbons (Fsp3) is 0.421. The second-order valence-corrected chi connectivity index (χ2v) is 7.08. The van der Waals surface area contributed by atoms with Gasteiger partial charge in [-0.05, 0) is 31.5 Å². The molecule has 28 heavy (non-hydrogen) atoms. The van der Waals surface area contributed by atoms with E-state index in [4.69, 9.17) is 16.7 Å². The molecule has 152 valence electrons. The summed E-state index contributed by atoms with van der Waals surface area (Å²) in [5, 5.41) is 25.1. The largest absolute Gasteiger partial charge is 0.394 e. The van der Waals surface area contributed by atoms with Crippen molar-refractivity contribution in [3.63, 3.8) is 0 Å². The maximum absolute atomic E-state index is 12.5. The quantitative estimate of drug-likeness (QED) is 0.498. The molecule has 9 heteroatoms. The highest BCUT2D eigenvalue weighted by molar-refractivity contribution is 6.30. The van der Waals surface area contributed by atoms with E-state index in [-0.39, 0.29) is 31.7 Å². The smallest absolute Gasteiger partial charge is 0.240 e. The van der Waals surface area contributed by atoms with Gasteiger partial charge in [-0.15, -0.1) is 0 Å². The van der Waals surface area contributed by atoms with E-state index in [9.17, 15) is 9.90 Å². The second-order valence-electron chi connectivity index (χ2n) is 6.64. The lowest BCUT2D eigenvalue weighted by Crippen LogP contribution is -2.39. The molecule has 4 N–H and O–H groups in total. The first kappa shape index (κ1) is 21.9. The van der Waals surface area contributed by atoms with Gasteiger partial charge in [0.25, 0.3) is 0 Å². The van der Waals surface area contributed by atoms with Crippen LogP contribution in [0.2, 0.25) is 5.02 Å². The number of rotatable bonds is 9. The zero-order valence-corrected chi connectivity index (χ0v) is 16.9. The van der Waals surface area contributed by atoms with E-state index in [0.29, 0.717) is 16.8 Å². The number of aliphatic hydroxyl groups is 2. The van der Waals surface area contributed by atoms with Gasteiger partial charge in [-0.1, -0.05) is 23.7 Å². The lowest BCUT2D eigenvalue weighted by molar-refractivity contribution is -0.120. The molecule has 2 rings (SSSR count). The Labute approximate surface area is 169 Å². The number of carbonyl (C=O) groups excluding carboxylic acids is 1. The van der Waals surface area contributed by atoms with Gasteiger partial charge in [-0.25, -0.2) is 4.98 Å². The van der Waals surface area contributed by atoms with Crippen molar-refractivity contribution < 1.29 is 15.0 Å². The number of hydrogen-bond acceptors (Lipinski definition) is 7. The molecule has 0 aliphatic heterocycles. The summed E-state index contributed by atoms with van der Waals surface area (Å²) < 4.78 is 0. The molecule has 1 aromatic heterocycles. The van der Waals surface area contributed by atoms with Crippen LogP contribution in [-0.4, -0.2) is 58.9 Å². The Morgan fingerprint density at radius 2 is 2.07 bits per heavy atom. The molecule has 0 bridgehead atoms. The Morgan fingerprint density at radius 1 is 1.32 bits per heavy atom. The van der Waals surface area contributed by atoms with E-state index in [1.54, 1.807) is 42.4 Å².